The van der Waals surface area contributed by atoms with Gasteiger partial charge >= 0.3 is 0 Å². The lowest BCUT2D eigenvalue weighted by Gasteiger charge is -2.11. The minimum absolute atomic E-state index is 0.720. The van der Waals surface area contributed by atoms with Crippen LogP contribution < -0.4 is 9.47 Å². The maximum atomic E-state index is 5.44. The normalized spacial score (nSPS) is 10.5. The van der Waals surface area contributed by atoms with E-state index in [0.29, 0.717) is 0 Å². The predicted octanol–water partition coefficient (Wildman–Crippen LogP) is 3.08. The lowest BCUT2D eigenvalue weighted by atomic mass is 10.1. The van der Waals surface area contributed by atoms with Crippen molar-refractivity contribution in [1.82, 2.24) is 15.2 Å². The molecule has 0 aliphatic rings. The number of aromatic amines is 1. The number of H-pyrrole nitrogens is 1. The summed E-state index contributed by atoms with van der Waals surface area (Å²) in [6.07, 6.45) is 4.39. The van der Waals surface area contributed by atoms with Crippen LogP contribution in [-0.4, -0.2) is 29.4 Å². The van der Waals surface area contributed by atoms with Gasteiger partial charge in [0.1, 0.15) is 17.2 Å². The topological polar surface area (TPSA) is 60.0 Å². The Morgan fingerprint density at radius 2 is 2.00 bits per heavy atom. The summed E-state index contributed by atoms with van der Waals surface area (Å²) in [6, 6.07) is 11.7. The first-order chi connectivity index (χ1) is 10.8. The van der Waals surface area contributed by atoms with Gasteiger partial charge in [0.05, 0.1) is 20.4 Å². The van der Waals surface area contributed by atoms with E-state index in [2.05, 4.69) is 10.2 Å². The Balaban J connectivity index is 2.00. The third-order valence-electron chi connectivity index (χ3n) is 3.42. The van der Waals surface area contributed by atoms with E-state index in [4.69, 9.17) is 14.5 Å². The van der Waals surface area contributed by atoms with E-state index >= 15 is 0 Å². The molecule has 5 nitrogen and oxygen atoms in total. The van der Waals surface area contributed by atoms with Crippen LogP contribution in [0.5, 0.6) is 11.5 Å². The number of hydrogen-bond acceptors (Lipinski definition) is 4. The number of rotatable bonds is 5. The molecule has 0 bridgehead atoms. The first-order valence-corrected chi connectivity index (χ1v) is 6.96. The summed E-state index contributed by atoms with van der Waals surface area (Å²) in [5.74, 6) is 1.53. The fourth-order valence-corrected chi connectivity index (χ4v) is 2.31. The molecule has 0 saturated heterocycles. The van der Waals surface area contributed by atoms with Crippen LogP contribution >= 0.6 is 0 Å². The van der Waals surface area contributed by atoms with Crippen molar-refractivity contribution in [2.24, 2.45) is 0 Å². The molecule has 0 aliphatic heterocycles. The van der Waals surface area contributed by atoms with Crippen LogP contribution in [0.3, 0.4) is 0 Å². The number of nitrogens with zero attached hydrogens (tertiary/aromatic N) is 2. The van der Waals surface area contributed by atoms with Crippen molar-refractivity contribution in [1.29, 1.82) is 0 Å². The van der Waals surface area contributed by atoms with Crippen LogP contribution in [0, 0.1) is 0 Å². The average molecular weight is 295 g/mol. The molecule has 0 atom stereocenters. The first kappa shape index (κ1) is 14.1. The number of benzene rings is 1. The number of hydrogen-bond donors (Lipinski definition) is 1. The third kappa shape index (κ3) is 2.93. The van der Waals surface area contributed by atoms with Gasteiger partial charge < -0.3 is 9.47 Å². The molecule has 112 valence electrons. The Morgan fingerprint density at radius 1 is 1.09 bits per heavy atom. The van der Waals surface area contributed by atoms with Gasteiger partial charge in [0, 0.05) is 23.9 Å². The summed E-state index contributed by atoms with van der Waals surface area (Å²) in [5.41, 5.74) is 3.82. The average Bonchev–Trinajstić information content (AvgIpc) is 3.08. The second-order valence-corrected chi connectivity index (χ2v) is 4.87. The van der Waals surface area contributed by atoms with Crippen LogP contribution in [-0.2, 0) is 6.42 Å². The van der Waals surface area contributed by atoms with Gasteiger partial charge in [-0.1, -0.05) is 12.1 Å². The maximum Gasteiger partial charge on any atom is 0.145 e. The number of pyridine rings is 1. The first-order valence-electron chi connectivity index (χ1n) is 6.96. The fourth-order valence-electron chi connectivity index (χ4n) is 2.31. The second kappa shape index (κ2) is 6.30. The Morgan fingerprint density at radius 3 is 2.73 bits per heavy atom. The number of aromatic nitrogens is 3. The molecular weight excluding hydrogens is 278 g/mol. The van der Waals surface area contributed by atoms with Crippen LogP contribution in [0.15, 0.2) is 48.8 Å². The Kier molecular flexibility index (Phi) is 4.05. The molecule has 0 radical (unpaired) electrons. The van der Waals surface area contributed by atoms with Crippen molar-refractivity contribution in [2.75, 3.05) is 14.2 Å². The van der Waals surface area contributed by atoms with Gasteiger partial charge in [-0.25, -0.2) is 4.98 Å². The molecule has 22 heavy (non-hydrogen) atoms. The summed E-state index contributed by atoms with van der Waals surface area (Å²) in [5, 5.41) is 6.78. The zero-order valence-corrected chi connectivity index (χ0v) is 12.5. The third-order valence-corrected chi connectivity index (χ3v) is 3.42. The molecule has 1 N–H and O–H groups in total. The summed E-state index contributed by atoms with van der Waals surface area (Å²) < 4.78 is 10.7. The minimum Gasteiger partial charge on any atom is -0.497 e. The lowest BCUT2D eigenvalue weighted by molar-refractivity contribution is 0.412. The highest BCUT2D eigenvalue weighted by molar-refractivity contribution is 5.67. The van der Waals surface area contributed by atoms with Crippen molar-refractivity contribution in [3.8, 4) is 22.8 Å². The highest BCUT2D eigenvalue weighted by Gasteiger charge is 2.10. The minimum atomic E-state index is 0.720. The van der Waals surface area contributed by atoms with Gasteiger partial charge in [0.25, 0.3) is 0 Å². The van der Waals surface area contributed by atoms with E-state index in [1.165, 1.54) is 0 Å². The second-order valence-electron chi connectivity index (χ2n) is 4.87. The van der Waals surface area contributed by atoms with Gasteiger partial charge in [0.15, 0.2) is 0 Å². The summed E-state index contributed by atoms with van der Waals surface area (Å²) in [7, 11) is 3.30. The predicted molar refractivity (Wildman–Crippen MR) is 84.2 cm³/mol. The highest BCUT2D eigenvalue weighted by Crippen LogP contribution is 2.30. The van der Waals surface area contributed by atoms with Crippen molar-refractivity contribution in [3.63, 3.8) is 0 Å². The van der Waals surface area contributed by atoms with Crippen LogP contribution in [0.1, 0.15) is 11.3 Å². The number of nitrogens with one attached hydrogen (secondary N) is 1. The molecule has 0 fully saturated rings. The fraction of sp³-hybridized carbons (Fsp3) is 0.176. The van der Waals surface area contributed by atoms with Gasteiger partial charge in [-0.3, -0.25) is 5.10 Å². The zero-order chi connectivity index (χ0) is 15.4. The molecule has 0 saturated carbocycles. The van der Waals surface area contributed by atoms with Crippen molar-refractivity contribution in [3.05, 3.63) is 60.0 Å². The van der Waals surface area contributed by atoms with E-state index in [1.807, 2.05) is 42.6 Å². The summed E-state index contributed by atoms with van der Waals surface area (Å²) in [4.78, 5) is 4.74. The quantitative estimate of drug-likeness (QED) is 0.786. The standard InChI is InChI=1S/C17H17N3O2/c1-21-15-5-3-4-13(9-15)17-16(22-2)7-6-14(20-17)8-12-10-18-19-11-12/h3-7,9-11H,8H2,1-2H3,(H,18,19). The monoisotopic (exact) mass is 295 g/mol. The van der Waals surface area contributed by atoms with Crippen LogP contribution in [0.2, 0.25) is 0 Å². The Bertz CT molecular complexity index is 754. The Hall–Kier alpha value is -2.82. The van der Waals surface area contributed by atoms with Crippen LogP contribution in [0.25, 0.3) is 11.3 Å². The Labute approximate surface area is 128 Å². The van der Waals surface area contributed by atoms with E-state index in [1.54, 1.807) is 20.4 Å². The summed E-state index contributed by atoms with van der Waals surface area (Å²) in [6.45, 7) is 0. The molecule has 2 heterocycles. The zero-order valence-electron chi connectivity index (χ0n) is 12.5. The molecule has 5 heteroatoms. The van der Waals surface area contributed by atoms with Crippen LogP contribution in [0.4, 0.5) is 0 Å². The molecule has 3 aromatic rings. The number of methoxy groups -OCH3 is 2. The molecule has 0 spiro atoms. The summed E-state index contributed by atoms with van der Waals surface area (Å²) >= 11 is 0. The maximum absolute atomic E-state index is 5.44. The van der Waals surface area contributed by atoms with Gasteiger partial charge in [-0.15, -0.1) is 0 Å². The van der Waals surface area contributed by atoms with Gasteiger partial charge in [0.2, 0.25) is 0 Å². The van der Waals surface area contributed by atoms with Gasteiger partial charge in [-0.05, 0) is 29.8 Å². The molecule has 3 rings (SSSR count). The van der Waals surface area contributed by atoms with Crippen molar-refractivity contribution < 1.29 is 9.47 Å². The molecule has 2 aromatic heterocycles. The lowest BCUT2D eigenvalue weighted by Crippen LogP contribution is -1.97. The molecule has 1 aromatic carbocycles. The largest absolute Gasteiger partial charge is 0.497 e. The molecule has 0 unspecified atom stereocenters. The van der Waals surface area contributed by atoms with E-state index in [9.17, 15) is 0 Å². The molecule has 0 amide bonds. The van der Waals surface area contributed by atoms with E-state index in [0.717, 1.165) is 40.4 Å². The van der Waals surface area contributed by atoms with E-state index in [-0.39, 0.29) is 0 Å². The van der Waals surface area contributed by atoms with Gasteiger partial charge in [-0.2, -0.15) is 5.10 Å². The molecule has 0 aliphatic carbocycles. The van der Waals surface area contributed by atoms with E-state index < -0.39 is 0 Å². The number of ether oxygens (including phenoxy) is 2. The highest BCUT2D eigenvalue weighted by atomic mass is 16.5. The SMILES string of the molecule is COc1cccc(-c2nc(Cc3cn[nH]c3)ccc2OC)c1. The molecular formula is C17H17N3O2. The van der Waals surface area contributed by atoms with Crippen molar-refractivity contribution >= 4 is 0 Å². The van der Waals surface area contributed by atoms with Crippen molar-refractivity contribution in [2.45, 2.75) is 6.42 Å². The smallest absolute Gasteiger partial charge is 0.145 e.